The molecule has 1 aromatic carbocycles. The van der Waals surface area contributed by atoms with Crippen molar-refractivity contribution in [3.05, 3.63) is 45.9 Å². The van der Waals surface area contributed by atoms with Crippen LogP contribution in [0.1, 0.15) is 17.7 Å². The van der Waals surface area contributed by atoms with Crippen molar-refractivity contribution in [2.24, 2.45) is 5.73 Å². The zero-order valence-corrected chi connectivity index (χ0v) is 14.2. The van der Waals surface area contributed by atoms with E-state index in [9.17, 15) is 9.59 Å². The van der Waals surface area contributed by atoms with Gasteiger partial charge >= 0.3 is 5.97 Å². The number of methoxy groups -OCH3 is 1. The van der Waals surface area contributed by atoms with E-state index in [2.05, 4.69) is 14.9 Å². The minimum Gasteiger partial charge on any atom is -0.466 e. The van der Waals surface area contributed by atoms with Crippen LogP contribution in [0.15, 0.2) is 29.1 Å². The van der Waals surface area contributed by atoms with E-state index < -0.39 is 5.97 Å². The number of benzene rings is 1. The smallest absolute Gasteiger partial charge is 0.330 e. The second-order valence-electron chi connectivity index (χ2n) is 5.80. The number of hydrogen-bond acceptors (Lipinski definition) is 5. The maximum Gasteiger partial charge on any atom is 0.330 e. The third-order valence-corrected chi connectivity index (χ3v) is 4.17. The number of aromatic amines is 1. The van der Waals surface area contributed by atoms with Crippen LogP contribution >= 0.6 is 0 Å². The standard InChI is InChI=1S/C18H20N4O3/c1-11-16-17(21-20-11)13-10-12(5-7-15(23)25-2)4-6-14(13)22(18(16)24)9-3-8-19/h4-7,10H,3,8-9,19H2,1-2H3,(H,20,21)/b7-5+. The normalized spacial score (nSPS) is 11.6. The molecule has 0 atom stereocenters. The fraction of sp³-hybridized carbons (Fsp3) is 0.278. The number of H-pyrrole nitrogens is 1. The van der Waals surface area contributed by atoms with Crippen molar-refractivity contribution in [1.82, 2.24) is 14.8 Å². The summed E-state index contributed by atoms with van der Waals surface area (Å²) in [6.07, 6.45) is 3.74. The van der Waals surface area contributed by atoms with Crippen LogP contribution in [0.25, 0.3) is 27.9 Å². The highest BCUT2D eigenvalue weighted by Gasteiger charge is 2.15. The first kappa shape index (κ1) is 16.9. The van der Waals surface area contributed by atoms with E-state index in [1.54, 1.807) is 10.6 Å². The molecule has 0 aliphatic carbocycles. The van der Waals surface area contributed by atoms with E-state index in [1.807, 2.05) is 25.1 Å². The van der Waals surface area contributed by atoms with Gasteiger partial charge in [-0.3, -0.25) is 9.89 Å². The van der Waals surface area contributed by atoms with Crippen molar-refractivity contribution in [2.75, 3.05) is 13.7 Å². The number of carbonyl (C=O) groups is 1. The average Bonchev–Trinajstić information content (AvgIpc) is 3.01. The zero-order valence-electron chi connectivity index (χ0n) is 14.2. The lowest BCUT2D eigenvalue weighted by Gasteiger charge is -2.11. The lowest BCUT2D eigenvalue weighted by molar-refractivity contribution is -0.134. The number of fused-ring (bicyclic) bond motifs is 3. The van der Waals surface area contributed by atoms with Crippen LogP contribution in [0.2, 0.25) is 0 Å². The fourth-order valence-electron chi connectivity index (χ4n) is 2.92. The Morgan fingerprint density at radius 3 is 2.96 bits per heavy atom. The highest BCUT2D eigenvalue weighted by Crippen LogP contribution is 2.24. The van der Waals surface area contributed by atoms with Gasteiger partial charge in [0.25, 0.3) is 5.56 Å². The third-order valence-electron chi connectivity index (χ3n) is 4.17. The first-order valence-electron chi connectivity index (χ1n) is 8.04. The number of carbonyl (C=O) groups excluding carboxylic acids is 1. The minimum atomic E-state index is -0.422. The Labute approximate surface area is 144 Å². The molecule has 3 aromatic rings. The third kappa shape index (κ3) is 3.06. The predicted molar refractivity (Wildman–Crippen MR) is 97.3 cm³/mol. The van der Waals surface area contributed by atoms with Gasteiger partial charge in [-0.15, -0.1) is 0 Å². The maximum absolute atomic E-state index is 12.9. The van der Waals surface area contributed by atoms with Gasteiger partial charge in [0.05, 0.1) is 18.0 Å². The van der Waals surface area contributed by atoms with Gasteiger partial charge < -0.3 is 15.0 Å². The second-order valence-corrected chi connectivity index (χ2v) is 5.80. The molecule has 0 bridgehead atoms. The lowest BCUT2D eigenvalue weighted by atomic mass is 10.1. The van der Waals surface area contributed by atoms with E-state index in [1.165, 1.54) is 13.2 Å². The summed E-state index contributed by atoms with van der Waals surface area (Å²) in [5.41, 5.74) is 8.53. The highest BCUT2D eigenvalue weighted by atomic mass is 16.5. The molecular formula is C18H20N4O3. The number of hydrogen-bond donors (Lipinski definition) is 2. The van der Waals surface area contributed by atoms with E-state index >= 15 is 0 Å². The second kappa shape index (κ2) is 6.90. The van der Waals surface area contributed by atoms with Crippen LogP contribution in [0.3, 0.4) is 0 Å². The summed E-state index contributed by atoms with van der Waals surface area (Å²) < 4.78 is 6.35. The van der Waals surface area contributed by atoms with Gasteiger partial charge in [-0.1, -0.05) is 6.07 Å². The van der Waals surface area contributed by atoms with Crippen molar-refractivity contribution in [3.8, 4) is 0 Å². The molecule has 0 aliphatic heterocycles. The van der Waals surface area contributed by atoms with E-state index in [-0.39, 0.29) is 5.56 Å². The first-order valence-corrected chi connectivity index (χ1v) is 8.04. The minimum absolute atomic E-state index is 0.0694. The molecule has 2 heterocycles. The molecule has 0 fully saturated rings. The summed E-state index contributed by atoms with van der Waals surface area (Å²) in [4.78, 5) is 24.2. The molecule has 0 aliphatic rings. The van der Waals surface area contributed by atoms with Gasteiger partial charge in [0.2, 0.25) is 0 Å². The summed E-state index contributed by atoms with van der Waals surface area (Å²) in [7, 11) is 1.33. The van der Waals surface area contributed by atoms with Gasteiger partial charge in [0.1, 0.15) is 5.52 Å². The first-order chi connectivity index (χ1) is 12.1. The molecular weight excluding hydrogens is 320 g/mol. The Bertz CT molecular complexity index is 1030. The number of aryl methyl sites for hydroxylation is 2. The molecule has 0 saturated heterocycles. The number of ether oxygens (including phenoxy) is 1. The molecule has 7 nitrogen and oxygen atoms in total. The molecule has 0 amide bonds. The molecule has 0 unspecified atom stereocenters. The summed E-state index contributed by atoms with van der Waals surface area (Å²) >= 11 is 0. The number of nitrogens with two attached hydrogens (primary N) is 1. The molecule has 0 radical (unpaired) electrons. The van der Waals surface area contributed by atoms with Crippen LogP contribution in [0.5, 0.6) is 0 Å². The molecule has 7 heteroatoms. The largest absolute Gasteiger partial charge is 0.466 e. The zero-order chi connectivity index (χ0) is 18.0. The van der Waals surface area contributed by atoms with Gasteiger partial charge in [-0.25, -0.2) is 4.79 Å². The van der Waals surface area contributed by atoms with E-state index in [0.29, 0.717) is 30.4 Å². The number of esters is 1. The summed E-state index contributed by atoms with van der Waals surface area (Å²) in [5.74, 6) is -0.422. The number of nitrogens with one attached hydrogen (secondary N) is 1. The Hall–Kier alpha value is -2.93. The maximum atomic E-state index is 12.9. The quantitative estimate of drug-likeness (QED) is 0.544. The van der Waals surface area contributed by atoms with Crippen molar-refractivity contribution in [3.63, 3.8) is 0 Å². The Balaban J connectivity index is 2.26. The van der Waals surface area contributed by atoms with Gasteiger partial charge in [-0.2, -0.15) is 5.10 Å². The van der Waals surface area contributed by atoms with Gasteiger partial charge in [0.15, 0.2) is 0 Å². The van der Waals surface area contributed by atoms with Crippen molar-refractivity contribution in [2.45, 2.75) is 19.9 Å². The molecule has 0 spiro atoms. The summed E-state index contributed by atoms with van der Waals surface area (Å²) in [5, 5.41) is 8.63. The molecule has 0 saturated carbocycles. The predicted octanol–water partition coefficient (Wildman–Crippen LogP) is 1.72. The molecule has 2 aromatic heterocycles. The monoisotopic (exact) mass is 340 g/mol. The molecule has 25 heavy (non-hydrogen) atoms. The van der Waals surface area contributed by atoms with Gasteiger partial charge in [-0.05, 0) is 43.7 Å². The molecule has 130 valence electrons. The fourth-order valence-corrected chi connectivity index (χ4v) is 2.92. The van der Waals surface area contributed by atoms with E-state index in [4.69, 9.17) is 5.73 Å². The van der Waals surface area contributed by atoms with Crippen LogP contribution in [0.4, 0.5) is 0 Å². The number of rotatable bonds is 5. The topological polar surface area (TPSA) is 103 Å². The number of aromatic nitrogens is 3. The highest BCUT2D eigenvalue weighted by molar-refractivity contribution is 6.04. The Kier molecular flexibility index (Phi) is 4.67. The summed E-state index contributed by atoms with van der Waals surface area (Å²) in [6.45, 7) is 2.89. The Morgan fingerprint density at radius 1 is 1.44 bits per heavy atom. The number of nitrogens with zero attached hydrogens (tertiary/aromatic N) is 2. The molecule has 3 rings (SSSR count). The van der Waals surface area contributed by atoms with Crippen LogP contribution in [-0.4, -0.2) is 34.4 Å². The Morgan fingerprint density at radius 2 is 2.24 bits per heavy atom. The van der Waals surface area contributed by atoms with E-state index in [0.717, 1.165) is 22.2 Å². The number of pyridine rings is 1. The SMILES string of the molecule is COC(=O)/C=C/c1ccc2c(c1)c1n[nH]c(C)c1c(=O)n2CCCN. The average molecular weight is 340 g/mol. The van der Waals surface area contributed by atoms with Crippen LogP contribution in [0, 0.1) is 6.92 Å². The molecule has 3 N–H and O–H groups in total. The summed E-state index contributed by atoms with van der Waals surface area (Å²) in [6, 6.07) is 5.63. The van der Waals surface area contributed by atoms with Crippen molar-refractivity contribution in [1.29, 1.82) is 0 Å². The van der Waals surface area contributed by atoms with Gasteiger partial charge in [0, 0.05) is 23.7 Å². The van der Waals surface area contributed by atoms with Crippen LogP contribution in [-0.2, 0) is 16.1 Å². The van der Waals surface area contributed by atoms with Crippen LogP contribution < -0.4 is 11.3 Å². The van der Waals surface area contributed by atoms with Crippen molar-refractivity contribution >= 4 is 33.9 Å². The lowest BCUT2D eigenvalue weighted by Crippen LogP contribution is -2.22. The van der Waals surface area contributed by atoms with Crippen molar-refractivity contribution < 1.29 is 9.53 Å².